The number of hydrogen-bond acceptors (Lipinski definition) is 3. The van der Waals surface area contributed by atoms with E-state index in [1.165, 1.54) is 24.3 Å². The minimum atomic E-state index is -0.338. The maximum absolute atomic E-state index is 13.5. The van der Waals surface area contributed by atoms with Crippen LogP contribution >= 0.6 is 0 Å². The van der Waals surface area contributed by atoms with Crippen LogP contribution in [0.4, 0.5) is 8.78 Å². The monoisotopic (exact) mass is 497 g/mol. The fraction of sp³-hybridized carbons (Fsp3) is 0.517. The molecule has 0 aliphatic carbocycles. The molecule has 0 unspecified atom stereocenters. The summed E-state index contributed by atoms with van der Waals surface area (Å²) < 4.78 is 27.0. The van der Waals surface area contributed by atoms with Crippen LogP contribution in [0.1, 0.15) is 57.1 Å². The molecule has 2 aliphatic heterocycles. The molecule has 2 heterocycles. The van der Waals surface area contributed by atoms with Gasteiger partial charge in [0.25, 0.3) is 0 Å². The van der Waals surface area contributed by atoms with Crippen molar-refractivity contribution in [1.29, 1.82) is 0 Å². The number of nitrogens with zero attached hydrogens (tertiary/aromatic N) is 3. The van der Waals surface area contributed by atoms with Crippen molar-refractivity contribution in [3.63, 3.8) is 0 Å². The smallest absolute Gasteiger partial charge is 0.225 e. The van der Waals surface area contributed by atoms with Gasteiger partial charge in [0.05, 0.1) is 0 Å². The number of halogens is 2. The lowest BCUT2D eigenvalue weighted by atomic mass is 9.87. The van der Waals surface area contributed by atoms with Gasteiger partial charge in [-0.15, -0.1) is 0 Å². The Morgan fingerprint density at radius 2 is 1.25 bits per heavy atom. The number of piperazine rings is 1. The molecule has 2 aromatic rings. The summed E-state index contributed by atoms with van der Waals surface area (Å²) in [4.78, 5) is 32.6. The Kier molecular flexibility index (Phi) is 8.08. The fourth-order valence-electron chi connectivity index (χ4n) is 5.35. The van der Waals surface area contributed by atoms with E-state index < -0.39 is 0 Å². The first kappa shape index (κ1) is 26.3. The molecular formula is C29H37F2N3O2. The van der Waals surface area contributed by atoms with Gasteiger partial charge in [-0.25, -0.2) is 8.78 Å². The molecule has 2 aromatic carbocycles. The number of piperidine rings is 1. The van der Waals surface area contributed by atoms with Crippen molar-refractivity contribution in [2.24, 2.45) is 5.92 Å². The Hall–Kier alpha value is -2.80. The van der Waals surface area contributed by atoms with Gasteiger partial charge in [0.2, 0.25) is 11.8 Å². The number of amides is 2. The average molecular weight is 498 g/mol. The molecule has 4 rings (SSSR count). The zero-order valence-corrected chi connectivity index (χ0v) is 21.6. The first-order valence-corrected chi connectivity index (χ1v) is 12.9. The molecule has 2 saturated heterocycles. The van der Waals surface area contributed by atoms with Gasteiger partial charge < -0.3 is 9.80 Å². The van der Waals surface area contributed by atoms with E-state index in [1.807, 2.05) is 9.80 Å². The highest BCUT2D eigenvalue weighted by Gasteiger charge is 2.34. The van der Waals surface area contributed by atoms with E-state index in [1.54, 1.807) is 24.3 Å². The highest BCUT2D eigenvalue weighted by molar-refractivity contribution is 5.81. The van der Waals surface area contributed by atoms with Gasteiger partial charge in [0, 0.05) is 63.1 Å². The third-order valence-electron chi connectivity index (χ3n) is 7.66. The van der Waals surface area contributed by atoms with Crippen LogP contribution in [0.5, 0.6) is 0 Å². The van der Waals surface area contributed by atoms with Crippen molar-refractivity contribution in [2.45, 2.75) is 51.5 Å². The molecule has 36 heavy (non-hydrogen) atoms. The maximum Gasteiger partial charge on any atom is 0.225 e. The predicted octanol–water partition coefficient (Wildman–Crippen LogP) is 4.67. The lowest BCUT2D eigenvalue weighted by Crippen LogP contribution is -2.56. The van der Waals surface area contributed by atoms with E-state index in [2.05, 4.69) is 25.7 Å². The second kappa shape index (κ2) is 11.1. The number of carbonyl (C=O) groups is 2. The molecular weight excluding hydrogens is 460 g/mol. The van der Waals surface area contributed by atoms with E-state index in [-0.39, 0.29) is 47.2 Å². The molecule has 0 N–H and O–H groups in total. The molecule has 0 aromatic heterocycles. The lowest BCUT2D eigenvalue weighted by Gasteiger charge is -2.43. The fourth-order valence-corrected chi connectivity index (χ4v) is 5.35. The molecule has 0 saturated carbocycles. The Balaban J connectivity index is 1.35. The summed E-state index contributed by atoms with van der Waals surface area (Å²) in [7, 11) is 0. The zero-order valence-electron chi connectivity index (χ0n) is 21.6. The van der Waals surface area contributed by atoms with E-state index in [0.29, 0.717) is 25.9 Å². The Morgan fingerprint density at radius 3 is 1.69 bits per heavy atom. The van der Waals surface area contributed by atoms with Gasteiger partial charge in [0.1, 0.15) is 11.6 Å². The summed E-state index contributed by atoms with van der Waals surface area (Å²) in [6.45, 7) is 11.0. The minimum Gasteiger partial charge on any atom is -0.343 e. The van der Waals surface area contributed by atoms with E-state index in [9.17, 15) is 18.4 Å². The molecule has 2 fully saturated rings. The Labute approximate surface area is 213 Å². The second-order valence-corrected chi connectivity index (χ2v) is 11.0. The summed E-state index contributed by atoms with van der Waals surface area (Å²) in [5.41, 5.74) is 1.74. The average Bonchev–Trinajstić information content (AvgIpc) is 2.87. The number of benzene rings is 2. The summed E-state index contributed by atoms with van der Waals surface area (Å²) in [5.74, 6) is -0.800. The number of likely N-dealkylation sites (tertiary alicyclic amines) is 1. The standard InChI is InChI=1S/C29H37F2N3O2/c1-29(2,3)34-18-16-33(17-19-34)28(36)23-12-14-32(15-13-23)27(35)20-26(21-4-8-24(30)9-5-21)22-6-10-25(31)11-7-22/h4-11,23,26H,12-20H2,1-3H3. The van der Waals surface area contributed by atoms with Gasteiger partial charge in [0.15, 0.2) is 0 Å². The molecule has 0 radical (unpaired) electrons. The third-order valence-corrected chi connectivity index (χ3v) is 7.66. The molecule has 7 heteroatoms. The van der Waals surface area contributed by atoms with E-state index >= 15 is 0 Å². The van der Waals surface area contributed by atoms with Crippen molar-refractivity contribution in [3.05, 3.63) is 71.3 Å². The van der Waals surface area contributed by atoms with E-state index in [4.69, 9.17) is 0 Å². The Bertz CT molecular complexity index is 988. The molecule has 2 aliphatic rings. The van der Waals surface area contributed by atoms with Gasteiger partial charge in [-0.1, -0.05) is 24.3 Å². The minimum absolute atomic E-state index is 0.00154. The summed E-state index contributed by atoms with van der Waals surface area (Å²) in [6, 6.07) is 12.3. The second-order valence-electron chi connectivity index (χ2n) is 11.0. The van der Waals surface area contributed by atoms with Crippen LogP contribution in [0.25, 0.3) is 0 Å². The lowest BCUT2D eigenvalue weighted by molar-refractivity contribution is -0.142. The van der Waals surface area contributed by atoms with Gasteiger partial charge in [-0.2, -0.15) is 0 Å². The van der Waals surface area contributed by atoms with Crippen molar-refractivity contribution < 1.29 is 18.4 Å². The van der Waals surface area contributed by atoms with Crippen molar-refractivity contribution >= 4 is 11.8 Å². The van der Waals surface area contributed by atoms with Crippen LogP contribution in [0.2, 0.25) is 0 Å². The normalized spacial score (nSPS) is 18.1. The third kappa shape index (κ3) is 6.30. The highest BCUT2D eigenvalue weighted by Crippen LogP contribution is 2.30. The predicted molar refractivity (Wildman–Crippen MR) is 136 cm³/mol. The maximum atomic E-state index is 13.5. The molecule has 194 valence electrons. The topological polar surface area (TPSA) is 43.9 Å². The molecule has 0 spiro atoms. The number of hydrogen-bond donors (Lipinski definition) is 0. The molecule has 0 atom stereocenters. The van der Waals surface area contributed by atoms with E-state index in [0.717, 1.165) is 37.3 Å². The molecule has 2 amide bonds. The van der Waals surface area contributed by atoms with Crippen molar-refractivity contribution in [2.75, 3.05) is 39.3 Å². The van der Waals surface area contributed by atoms with Crippen LogP contribution in [0, 0.1) is 17.6 Å². The quantitative estimate of drug-likeness (QED) is 0.603. The van der Waals surface area contributed by atoms with Crippen molar-refractivity contribution in [3.8, 4) is 0 Å². The molecule has 5 nitrogen and oxygen atoms in total. The first-order chi connectivity index (χ1) is 17.1. The first-order valence-electron chi connectivity index (χ1n) is 12.9. The van der Waals surface area contributed by atoms with Gasteiger partial charge in [-0.3, -0.25) is 14.5 Å². The van der Waals surface area contributed by atoms with Crippen LogP contribution in [0.3, 0.4) is 0 Å². The number of rotatable bonds is 5. The highest BCUT2D eigenvalue weighted by atomic mass is 19.1. The number of carbonyl (C=O) groups excluding carboxylic acids is 2. The SMILES string of the molecule is CC(C)(C)N1CCN(C(=O)C2CCN(C(=O)CC(c3ccc(F)cc3)c3ccc(F)cc3)CC2)CC1. The van der Waals surface area contributed by atoms with Crippen molar-refractivity contribution in [1.82, 2.24) is 14.7 Å². The van der Waals surface area contributed by atoms with Crippen LogP contribution in [0.15, 0.2) is 48.5 Å². The molecule has 0 bridgehead atoms. The Morgan fingerprint density at radius 1 is 0.778 bits per heavy atom. The summed E-state index contributed by atoms with van der Waals surface area (Å²) in [5, 5.41) is 0. The zero-order chi connectivity index (χ0) is 25.9. The largest absolute Gasteiger partial charge is 0.343 e. The summed E-state index contributed by atoms with van der Waals surface area (Å²) in [6.07, 6.45) is 1.55. The van der Waals surface area contributed by atoms with Gasteiger partial charge >= 0.3 is 0 Å². The van der Waals surface area contributed by atoms with Gasteiger partial charge in [-0.05, 0) is 69.0 Å². The van der Waals surface area contributed by atoms with Crippen LogP contribution < -0.4 is 0 Å². The van der Waals surface area contributed by atoms with Crippen LogP contribution in [-0.4, -0.2) is 71.3 Å². The summed E-state index contributed by atoms with van der Waals surface area (Å²) >= 11 is 0. The van der Waals surface area contributed by atoms with Crippen LogP contribution in [-0.2, 0) is 9.59 Å².